The molecule has 4 bridgehead atoms. The molecule has 0 radical (unpaired) electrons. The molecule has 4 fully saturated rings. The van der Waals surface area contributed by atoms with Crippen molar-refractivity contribution in [2.24, 2.45) is 17.8 Å². The Balaban J connectivity index is 1.54. The van der Waals surface area contributed by atoms with Crippen molar-refractivity contribution in [3.05, 3.63) is 45.5 Å². The summed E-state index contributed by atoms with van der Waals surface area (Å²) in [7, 11) is 0. The van der Waals surface area contributed by atoms with Crippen LogP contribution in [0.2, 0.25) is 0 Å². The summed E-state index contributed by atoms with van der Waals surface area (Å²) in [4.78, 5) is 27.1. The van der Waals surface area contributed by atoms with Crippen molar-refractivity contribution in [3.8, 4) is 0 Å². The topological polar surface area (TPSA) is 51.1 Å². The molecule has 0 aliphatic heterocycles. The fourth-order valence-electron chi connectivity index (χ4n) is 7.32. The molecule has 1 aromatic carbocycles. The molecule has 33 heavy (non-hydrogen) atoms. The number of unbranched alkanes of at least 4 members (excludes halogenated alkanes) is 2. The fourth-order valence-corrected chi connectivity index (χ4v) is 7.32. The average Bonchev–Trinajstić information content (AvgIpc) is 2.73. The van der Waals surface area contributed by atoms with E-state index >= 15 is 0 Å². The number of aromatic nitrogens is 1. The molecule has 0 atom stereocenters. The second-order valence-corrected chi connectivity index (χ2v) is 11.5. The van der Waals surface area contributed by atoms with Crippen LogP contribution >= 0.6 is 0 Å². The van der Waals surface area contributed by atoms with Gasteiger partial charge >= 0.3 is 0 Å². The van der Waals surface area contributed by atoms with Gasteiger partial charge in [0.2, 0.25) is 5.43 Å². The van der Waals surface area contributed by atoms with E-state index in [9.17, 15) is 14.0 Å². The molecule has 4 aliphatic rings. The number of hydrogen-bond acceptors (Lipinski definition) is 2. The van der Waals surface area contributed by atoms with Gasteiger partial charge in [0, 0.05) is 23.7 Å². The van der Waals surface area contributed by atoms with Crippen molar-refractivity contribution in [2.45, 2.75) is 96.6 Å². The van der Waals surface area contributed by atoms with Gasteiger partial charge in [-0.15, -0.1) is 0 Å². The minimum absolute atomic E-state index is 0.0353. The van der Waals surface area contributed by atoms with E-state index in [1.54, 1.807) is 12.3 Å². The molecule has 1 N–H and O–H groups in total. The quantitative estimate of drug-likeness (QED) is 0.512. The molecule has 178 valence electrons. The number of rotatable bonds is 7. The van der Waals surface area contributed by atoms with Gasteiger partial charge < -0.3 is 9.88 Å². The van der Waals surface area contributed by atoms with Crippen LogP contribution in [0.1, 0.15) is 100 Å². The van der Waals surface area contributed by atoms with E-state index in [1.807, 2.05) is 18.4 Å². The number of pyridine rings is 1. The first kappa shape index (κ1) is 22.6. The highest BCUT2D eigenvalue weighted by Gasteiger charge is 2.51. The lowest BCUT2D eigenvalue weighted by molar-refractivity contribution is -0.0167. The van der Waals surface area contributed by atoms with Gasteiger partial charge in [0.1, 0.15) is 11.4 Å². The van der Waals surface area contributed by atoms with Gasteiger partial charge in [-0.25, -0.2) is 4.39 Å². The maximum absolute atomic E-state index is 14.8. The average molecular weight is 453 g/mol. The van der Waals surface area contributed by atoms with E-state index in [1.165, 1.54) is 25.3 Å². The molecule has 0 unspecified atom stereocenters. The number of carbonyl (C=O) groups excluding carboxylic acids is 1. The molecule has 4 saturated carbocycles. The highest BCUT2D eigenvalue weighted by Crippen LogP contribution is 2.55. The first-order valence-electron chi connectivity index (χ1n) is 13.0. The number of halogens is 1. The third-order valence-corrected chi connectivity index (χ3v) is 8.48. The molecule has 2 aromatic rings. The Morgan fingerprint density at radius 3 is 2.33 bits per heavy atom. The fraction of sp³-hybridized carbons (Fsp3) is 0.643. The van der Waals surface area contributed by atoms with Crippen molar-refractivity contribution in [1.82, 2.24) is 9.88 Å². The number of fused-ring (bicyclic) bond motifs is 1. The van der Waals surface area contributed by atoms with Crippen molar-refractivity contribution in [3.63, 3.8) is 0 Å². The van der Waals surface area contributed by atoms with Crippen LogP contribution in [0.15, 0.2) is 23.1 Å². The Bertz CT molecular complexity index is 1100. The van der Waals surface area contributed by atoms with Crippen LogP contribution in [-0.2, 0) is 6.54 Å². The predicted octanol–water partition coefficient (Wildman–Crippen LogP) is 6.15. The highest BCUT2D eigenvalue weighted by atomic mass is 19.1. The number of nitrogens with one attached hydrogen (secondary N) is 1. The normalized spacial score (nSPS) is 28.1. The standard InChI is InChI=1S/C28H37FN2O2/c1-4-5-6-7-31-16-23(26(32)22-11-21(17(2)3)24(29)12-25(22)31)27(33)30-28-13-18-8-19(14-28)10-20(9-18)15-28/h11-12,16-20H,4-10,13-15H2,1-3H3,(H,30,33). The molecule has 6 rings (SSSR count). The lowest BCUT2D eigenvalue weighted by Gasteiger charge is -2.56. The lowest BCUT2D eigenvalue weighted by atomic mass is 9.53. The number of benzene rings is 1. The molecule has 1 aromatic heterocycles. The Morgan fingerprint density at radius 2 is 1.76 bits per heavy atom. The summed E-state index contributed by atoms with van der Waals surface area (Å²) in [5.41, 5.74) is 0.895. The van der Waals surface area contributed by atoms with Crippen LogP contribution in [0.4, 0.5) is 4.39 Å². The largest absolute Gasteiger partial charge is 0.346 e. The molecule has 1 amide bonds. The van der Waals surface area contributed by atoms with Crippen LogP contribution in [0, 0.1) is 23.6 Å². The Morgan fingerprint density at radius 1 is 1.12 bits per heavy atom. The van der Waals surface area contributed by atoms with Gasteiger partial charge in [0.05, 0.1) is 5.52 Å². The van der Waals surface area contributed by atoms with E-state index in [2.05, 4.69) is 12.2 Å². The van der Waals surface area contributed by atoms with Gasteiger partial charge in [-0.3, -0.25) is 9.59 Å². The van der Waals surface area contributed by atoms with Crippen molar-refractivity contribution in [1.29, 1.82) is 0 Å². The zero-order chi connectivity index (χ0) is 23.3. The smallest absolute Gasteiger partial charge is 0.257 e. The van der Waals surface area contributed by atoms with Crippen molar-refractivity contribution < 1.29 is 9.18 Å². The molecular weight excluding hydrogens is 415 g/mol. The number of aryl methyl sites for hydroxylation is 1. The van der Waals surface area contributed by atoms with E-state index in [4.69, 9.17) is 0 Å². The van der Waals surface area contributed by atoms with Crippen molar-refractivity contribution in [2.75, 3.05) is 0 Å². The molecule has 4 aliphatic carbocycles. The third-order valence-electron chi connectivity index (χ3n) is 8.48. The van der Waals surface area contributed by atoms with E-state index < -0.39 is 0 Å². The summed E-state index contributed by atoms with van der Waals surface area (Å²) < 4.78 is 16.7. The van der Waals surface area contributed by atoms with E-state index in [-0.39, 0.29) is 34.2 Å². The summed E-state index contributed by atoms with van der Waals surface area (Å²) in [5.74, 6) is 1.59. The van der Waals surface area contributed by atoms with Crippen LogP contribution in [0.3, 0.4) is 0 Å². The minimum Gasteiger partial charge on any atom is -0.346 e. The lowest BCUT2D eigenvalue weighted by Crippen LogP contribution is -2.60. The summed E-state index contributed by atoms with van der Waals surface area (Å²) in [6, 6.07) is 3.16. The summed E-state index contributed by atoms with van der Waals surface area (Å²) in [6.45, 7) is 6.66. The first-order chi connectivity index (χ1) is 15.8. The van der Waals surface area contributed by atoms with E-state index in [0.29, 0.717) is 23.0 Å². The zero-order valence-electron chi connectivity index (χ0n) is 20.3. The van der Waals surface area contributed by atoms with Crippen LogP contribution in [0.25, 0.3) is 10.9 Å². The third kappa shape index (κ3) is 4.13. The van der Waals surface area contributed by atoms with Crippen molar-refractivity contribution >= 4 is 16.8 Å². The maximum atomic E-state index is 14.8. The van der Waals surface area contributed by atoms with Gasteiger partial charge in [-0.2, -0.15) is 0 Å². The number of amides is 1. The number of hydrogen-bond donors (Lipinski definition) is 1. The van der Waals surface area contributed by atoms with Crippen LogP contribution in [0.5, 0.6) is 0 Å². The summed E-state index contributed by atoms with van der Waals surface area (Å²) >= 11 is 0. The predicted molar refractivity (Wildman–Crippen MR) is 130 cm³/mol. The van der Waals surface area contributed by atoms with Crippen LogP contribution < -0.4 is 10.7 Å². The van der Waals surface area contributed by atoms with Gasteiger partial charge in [0.25, 0.3) is 5.91 Å². The second kappa shape index (κ2) is 8.56. The van der Waals surface area contributed by atoms with Gasteiger partial charge in [0.15, 0.2) is 0 Å². The maximum Gasteiger partial charge on any atom is 0.257 e. The first-order valence-corrected chi connectivity index (χ1v) is 13.0. The number of carbonyl (C=O) groups is 1. The molecule has 1 heterocycles. The molecule has 4 nitrogen and oxygen atoms in total. The highest BCUT2D eigenvalue weighted by molar-refractivity contribution is 5.98. The molecular formula is C28H37FN2O2. The zero-order valence-corrected chi connectivity index (χ0v) is 20.3. The molecule has 5 heteroatoms. The number of nitrogens with zero attached hydrogens (tertiary/aromatic N) is 1. The van der Waals surface area contributed by atoms with Gasteiger partial charge in [-0.05, 0) is 86.3 Å². The minimum atomic E-state index is -0.285. The summed E-state index contributed by atoms with van der Waals surface area (Å²) in [5, 5.41) is 3.82. The summed E-state index contributed by atoms with van der Waals surface area (Å²) in [6.07, 6.45) is 11.8. The van der Waals surface area contributed by atoms with Crippen LogP contribution in [-0.4, -0.2) is 16.0 Å². The molecule has 0 spiro atoms. The Labute approximate surface area is 195 Å². The second-order valence-electron chi connectivity index (χ2n) is 11.5. The monoisotopic (exact) mass is 452 g/mol. The molecule has 0 saturated heterocycles. The Kier molecular flexibility index (Phi) is 5.86. The van der Waals surface area contributed by atoms with Gasteiger partial charge in [-0.1, -0.05) is 33.6 Å². The van der Waals surface area contributed by atoms with E-state index in [0.717, 1.165) is 56.3 Å². The Hall–Kier alpha value is -2.17. The SMILES string of the molecule is CCCCCn1cc(C(=O)NC23CC4CC(CC(C4)C2)C3)c(=O)c2cc(C(C)C)c(F)cc21.